The van der Waals surface area contributed by atoms with Gasteiger partial charge in [0.25, 0.3) is 0 Å². The molecule has 104 valence electrons. The SMILES string of the molecule is NC(=S)c1ccc(F)cc1Cn1cnc2c1CCCC2. The molecule has 1 aliphatic rings. The summed E-state index contributed by atoms with van der Waals surface area (Å²) in [6.45, 7) is 0.562. The number of nitrogens with zero attached hydrogens (tertiary/aromatic N) is 2. The number of imidazole rings is 1. The molecule has 0 spiro atoms. The largest absolute Gasteiger partial charge is 0.389 e. The highest BCUT2D eigenvalue weighted by molar-refractivity contribution is 7.80. The summed E-state index contributed by atoms with van der Waals surface area (Å²) in [5, 5.41) is 0. The maximum Gasteiger partial charge on any atom is 0.123 e. The lowest BCUT2D eigenvalue weighted by atomic mass is 10.0. The molecule has 0 atom stereocenters. The van der Waals surface area contributed by atoms with Crippen LogP contribution in [0, 0.1) is 5.82 Å². The predicted octanol–water partition coefficient (Wildman–Crippen LogP) is 2.58. The van der Waals surface area contributed by atoms with Crippen LogP contribution in [0.2, 0.25) is 0 Å². The maximum atomic E-state index is 13.5. The van der Waals surface area contributed by atoms with E-state index in [4.69, 9.17) is 18.0 Å². The number of thiocarbonyl (C=S) groups is 1. The van der Waals surface area contributed by atoms with Crippen LogP contribution in [-0.2, 0) is 19.4 Å². The van der Waals surface area contributed by atoms with Crippen molar-refractivity contribution >= 4 is 17.2 Å². The number of aryl methyl sites for hydroxylation is 1. The minimum atomic E-state index is -0.269. The topological polar surface area (TPSA) is 43.8 Å². The van der Waals surface area contributed by atoms with Gasteiger partial charge in [0.05, 0.1) is 12.0 Å². The third kappa shape index (κ3) is 2.45. The first-order valence-electron chi connectivity index (χ1n) is 6.76. The van der Waals surface area contributed by atoms with Crippen molar-refractivity contribution in [2.24, 2.45) is 5.73 Å². The maximum absolute atomic E-state index is 13.5. The number of hydrogen-bond donors (Lipinski definition) is 1. The van der Waals surface area contributed by atoms with E-state index in [0.717, 1.165) is 24.0 Å². The molecule has 0 fully saturated rings. The third-order valence-electron chi connectivity index (χ3n) is 3.78. The summed E-state index contributed by atoms with van der Waals surface area (Å²) in [6.07, 6.45) is 6.29. The number of nitrogens with two attached hydrogens (primary N) is 1. The summed E-state index contributed by atoms with van der Waals surface area (Å²) < 4.78 is 15.6. The zero-order chi connectivity index (χ0) is 14.1. The summed E-state index contributed by atoms with van der Waals surface area (Å²) >= 11 is 5.04. The number of benzene rings is 1. The second-order valence-electron chi connectivity index (χ2n) is 5.14. The summed E-state index contributed by atoms with van der Waals surface area (Å²) in [4.78, 5) is 4.75. The van der Waals surface area contributed by atoms with Crippen molar-refractivity contribution < 1.29 is 4.39 Å². The highest BCUT2D eigenvalue weighted by atomic mass is 32.1. The smallest absolute Gasteiger partial charge is 0.123 e. The van der Waals surface area contributed by atoms with Gasteiger partial charge >= 0.3 is 0 Å². The molecule has 2 N–H and O–H groups in total. The molecular formula is C15H16FN3S. The molecule has 0 bridgehead atoms. The van der Waals surface area contributed by atoms with E-state index in [2.05, 4.69) is 9.55 Å². The van der Waals surface area contributed by atoms with E-state index >= 15 is 0 Å². The normalized spacial score (nSPS) is 14.1. The number of rotatable bonds is 3. The van der Waals surface area contributed by atoms with Gasteiger partial charge in [-0.25, -0.2) is 9.37 Å². The molecule has 5 heteroatoms. The lowest BCUT2D eigenvalue weighted by Crippen LogP contribution is -2.15. The summed E-state index contributed by atoms with van der Waals surface area (Å²) in [7, 11) is 0. The van der Waals surface area contributed by atoms with Crippen LogP contribution in [0.15, 0.2) is 24.5 Å². The lowest BCUT2D eigenvalue weighted by molar-refractivity contribution is 0.614. The van der Waals surface area contributed by atoms with Gasteiger partial charge in [0.2, 0.25) is 0 Å². The van der Waals surface area contributed by atoms with E-state index < -0.39 is 0 Å². The molecule has 0 saturated carbocycles. The Morgan fingerprint density at radius 3 is 2.95 bits per heavy atom. The van der Waals surface area contributed by atoms with Crippen LogP contribution in [0.1, 0.15) is 35.4 Å². The van der Waals surface area contributed by atoms with E-state index in [1.54, 1.807) is 6.07 Å². The molecule has 2 aromatic rings. The van der Waals surface area contributed by atoms with Crippen LogP contribution in [0.4, 0.5) is 4.39 Å². The lowest BCUT2D eigenvalue weighted by Gasteiger charge is -2.15. The molecule has 3 nitrogen and oxygen atoms in total. The van der Waals surface area contributed by atoms with Gasteiger partial charge in [0, 0.05) is 17.8 Å². The van der Waals surface area contributed by atoms with Crippen molar-refractivity contribution in [2.45, 2.75) is 32.2 Å². The van der Waals surface area contributed by atoms with Crippen LogP contribution >= 0.6 is 12.2 Å². The van der Waals surface area contributed by atoms with E-state index in [-0.39, 0.29) is 5.82 Å². The minimum absolute atomic E-state index is 0.269. The molecule has 0 amide bonds. The average molecular weight is 289 g/mol. The molecule has 1 aromatic carbocycles. The van der Waals surface area contributed by atoms with Gasteiger partial charge in [-0.2, -0.15) is 0 Å². The fourth-order valence-electron chi connectivity index (χ4n) is 2.78. The van der Waals surface area contributed by atoms with E-state index in [1.807, 2.05) is 6.33 Å². The van der Waals surface area contributed by atoms with Crippen molar-refractivity contribution in [3.8, 4) is 0 Å². The van der Waals surface area contributed by atoms with Crippen LogP contribution in [0.3, 0.4) is 0 Å². The molecule has 3 rings (SSSR count). The van der Waals surface area contributed by atoms with Crippen molar-refractivity contribution in [3.05, 3.63) is 52.9 Å². The van der Waals surface area contributed by atoms with Gasteiger partial charge in [-0.05, 0) is 49.4 Å². The standard InChI is InChI=1S/C15H16FN3S/c16-11-5-6-12(15(17)20)10(7-11)8-19-9-18-13-3-1-2-4-14(13)19/h5-7,9H,1-4,8H2,(H2,17,20). The Kier molecular flexibility index (Phi) is 3.53. The molecule has 1 aliphatic carbocycles. The Hall–Kier alpha value is -1.75. The van der Waals surface area contributed by atoms with Gasteiger partial charge < -0.3 is 10.3 Å². The van der Waals surface area contributed by atoms with Gasteiger partial charge in [-0.1, -0.05) is 12.2 Å². The Balaban J connectivity index is 1.97. The first-order valence-corrected chi connectivity index (χ1v) is 7.17. The molecule has 0 radical (unpaired) electrons. The molecule has 20 heavy (non-hydrogen) atoms. The fourth-order valence-corrected chi connectivity index (χ4v) is 2.98. The first kappa shape index (κ1) is 13.2. The van der Waals surface area contributed by atoms with Crippen LogP contribution in [-0.4, -0.2) is 14.5 Å². The Morgan fingerprint density at radius 2 is 2.15 bits per heavy atom. The van der Waals surface area contributed by atoms with E-state index in [1.165, 1.54) is 36.4 Å². The van der Waals surface area contributed by atoms with Crippen molar-refractivity contribution in [1.82, 2.24) is 9.55 Å². The molecule has 0 aliphatic heterocycles. The second-order valence-corrected chi connectivity index (χ2v) is 5.58. The van der Waals surface area contributed by atoms with Crippen LogP contribution in [0.5, 0.6) is 0 Å². The van der Waals surface area contributed by atoms with Gasteiger partial charge in [-0.3, -0.25) is 0 Å². The molecular weight excluding hydrogens is 273 g/mol. The third-order valence-corrected chi connectivity index (χ3v) is 4.00. The fraction of sp³-hybridized carbons (Fsp3) is 0.333. The Morgan fingerprint density at radius 1 is 1.35 bits per heavy atom. The van der Waals surface area contributed by atoms with Crippen molar-refractivity contribution in [2.75, 3.05) is 0 Å². The predicted molar refractivity (Wildman–Crippen MR) is 80.3 cm³/mol. The Labute approximate surface area is 122 Å². The quantitative estimate of drug-likeness (QED) is 0.883. The Bertz CT molecular complexity index is 663. The van der Waals surface area contributed by atoms with Crippen molar-refractivity contribution in [1.29, 1.82) is 0 Å². The van der Waals surface area contributed by atoms with E-state index in [9.17, 15) is 4.39 Å². The molecule has 1 heterocycles. The molecule has 0 unspecified atom stereocenters. The van der Waals surface area contributed by atoms with Gasteiger partial charge in [0.1, 0.15) is 10.8 Å². The van der Waals surface area contributed by atoms with Gasteiger partial charge in [0.15, 0.2) is 0 Å². The monoisotopic (exact) mass is 289 g/mol. The summed E-state index contributed by atoms with van der Waals surface area (Å²) in [5.74, 6) is -0.269. The number of halogens is 1. The number of fused-ring (bicyclic) bond motifs is 1. The first-order chi connectivity index (χ1) is 9.65. The van der Waals surface area contributed by atoms with Crippen LogP contribution < -0.4 is 5.73 Å². The average Bonchev–Trinajstić information content (AvgIpc) is 2.82. The summed E-state index contributed by atoms with van der Waals surface area (Å²) in [6, 6.07) is 4.54. The zero-order valence-corrected chi connectivity index (χ0v) is 11.9. The second kappa shape index (κ2) is 5.32. The highest BCUT2D eigenvalue weighted by Gasteiger charge is 2.16. The minimum Gasteiger partial charge on any atom is -0.389 e. The number of hydrogen-bond acceptors (Lipinski definition) is 2. The number of aromatic nitrogens is 2. The molecule has 0 saturated heterocycles. The van der Waals surface area contributed by atoms with E-state index in [0.29, 0.717) is 11.5 Å². The highest BCUT2D eigenvalue weighted by Crippen LogP contribution is 2.22. The van der Waals surface area contributed by atoms with Crippen LogP contribution in [0.25, 0.3) is 0 Å². The van der Waals surface area contributed by atoms with Crippen molar-refractivity contribution in [3.63, 3.8) is 0 Å². The molecule has 1 aromatic heterocycles. The summed E-state index contributed by atoms with van der Waals surface area (Å²) in [5.41, 5.74) is 9.69. The van der Waals surface area contributed by atoms with Gasteiger partial charge in [-0.15, -0.1) is 0 Å². The zero-order valence-electron chi connectivity index (χ0n) is 11.1.